The summed E-state index contributed by atoms with van der Waals surface area (Å²) in [4.78, 5) is 17.1. The molecule has 4 aromatic heterocycles. The number of nitrogens with zero attached hydrogens (tertiary/aromatic N) is 4. The van der Waals surface area contributed by atoms with E-state index in [-0.39, 0.29) is 26.6 Å². The van der Waals surface area contributed by atoms with Gasteiger partial charge in [0.1, 0.15) is 11.9 Å². The molecule has 4 nitrogen and oxygen atoms in total. The van der Waals surface area contributed by atoms with Crippen LogP contribution in [0.25, 0.3) is 22.6 Å². The number of aromatic nitrogens is 4. The van der Waals surface area contributed by atoms with E-state index in [2.05, 4.69) is 21.0 Å². The van der Waals surface area contributed by atoms with E-state index in [1.54, 1.807) is 12.1 Å². The monoisotopic (exact) mass is 583 g/mol. The summed E-state index contributed by atoms with van der Waals surface area (Å²) in [7, 11) is 0. The Hall–Kier alpha value is -2.72. The van der Waals surface area contributed by atoms with Crippen LogP contribution in [0.3, 0.4) is 0 Å². The molecule has 0 aliphatic heterocycles. The van der Waals surface area contributed by atoms with E-state index < -0.39 is 17.3 Å². The number of halogens is 2. The number of pyridine rings is 3. The number of hydrogen-bond acceptors (Lipinski definition) is 3. The largest absolute Gasteiger partial charge is 2.00 e. The second kappa shape index (κ2) is 8.56. The van der Waals surface area contributed by atoms with Gasteiger partial charge in [-0.05, 0) is 37.7 Å². The minimum absolute atomic E-state index is 0. The second-order valence-electron chi connectivity index (χ2n) is 7.30. The van der Waals surface area contributed by atoms with Gasteiger partial charge < -0.3 is 9.97 Å². The van der Waals surface area contributed by atoms with E-state index in [0.29, 0.717) is 11.4 Å². The molecule has 30 heavy (non-hydrogen) atoms. The smallest absolute Gasteiger partial charge is 0.660 e. The summed E-state index contributed by atoms with van der Waals surface area (Å²) in [5.74, 6) is -1.86. The standard InChI is InChI=1S/C23H18F2N4.Pt/c1-14-10-12-18(26-14)17-7-5-9-20(28-17)23(2,3)19-8-4-6-16(27-19)15-11-13-21(24)29-22(15)25;/h4-10,12-13H,1-3H3;/q-2;+2. The topological polar surface area (TPSA) is 52.8 Å². The maximum atomic E-state index is 14.1. The van der Waals surface area contributed by atoms with Crippen LogP contribution < -0.4 is 4.98 Å². The number of aryl methyl sites for hydroxylation is 1. The summed E-state index contributed by atoms with van der Waals surface area (Å²) in [6.45, 7) is 5.93. The molecule has 0 unspecified atom stereocenters. The molecule has 0 fully saturated rings. The number of rotatable bonds is 4. The zero-order chi connectivity index (χ0) is 20.6. The molecule has 0 saturated carbocycles. The zero-order valence-electron chi connectivity index (χ0n) is 16.6. The van der Waals surface area contributed by atoms with Gasteiger partial charge in [-0.2, -0.15) is 5.69 Å². The van der Waals surface area contributed by atoms with Gasteiger partial charge >= 0.3 is 21.1 Å². The van der Waals surface area contributed by atoms with Crippen molar-refractivity contribution in [1.82, 2.24) is 19.9 Å². The predicted octanol–water partition coefficient (Wildman–Crippen LogP) is 4.87. The molecule has 0 atom stereocenters. The average molecular weight is 583 g/mol. The van der Waals surface area contributed by atoms with E-state index >= 15 is 0 Å². The summed E-state index contributed by atoms with van der Waals surface area (Å²) in [5.41, 5.74) is 3.85. The first-order valence-electron chi connectivity index (χ1n) is 9.14. The minimum Gasteiger partial charge on any atom is -0.660 e. The summed E-state index contributed by atoms with van der Waals surface area (Å²) in [6.07, 6.45) is 0. The summed E-state index contributed by atoms with van der Waals surface area (Å²) in [5, 5.41) is 0. The van der Waals surface area contributed by atoms with Crippen molar-refractivity contribution >= 4 is 0 Å². The Bertz CT molecular complexity index is 1190. The van der Waals surface area contributed by atoms with Crippen LogP contribution in [0.4, 0.5) is 8.78 Å². The first-order valence-corrected chi connectivity index (χ1v) is 9.14. The van der Waals surface area contributed by atoms with E-state index in [1.807, 2.05) is 57.2 Å². The van der Waals surface area contributed by atoms with Gasteiger partial charge in [-0.15, -0.1) is 11.8 Å². The molecule has 0 aromatic carbocycles. The van der Waals surface area contributed by atoms with Crippen LogP contribution in [-0.4, -0.2) is 15.0 Å². The minimum atomic E-state index is -0.940. The van der Waals surface area contributed by atoms with Crippen molar-refractivity contribution in [2.24, 2.45) is 0 Å². The first kappa shape index (κ1) is 22.0. The van der Waals surface area contributed by atoms with Gasteiger partial charge in [0.25, 0.3) is 0 Å². The molecule has 4 aromatic rings. The van der Waals surface area contributed by atoms with E-state index in [4.69, 9.17) is 4.98 Å². The van der Waals surface area contributed by atoms with Crippen LogP contribution in [0, 0.1) is 24.9 Å². The molecule has 0 spiro atoms. The predicted molar refractivity (Wildman–Crippen MR) is 106 cm³/mol. The van der Waals surface area contributed by atoms with Crippen molar-refractivity contribution < 1.29 is 29.8 Å². The Balaban J connectivity index is 0.00000256. The van der Waals surface area contributed by atoms with Crippen LogP contribution in [-0.2, 0) is 26.5 Å². The Morgan fingerprint density at radius 2 is 1.50 bits per heavy atom. The summed E-state index contributed by atoms with van der Waals surface area (Å²) >= 11 is 0. The van der Waals surface area contributed by atoms with Crippen molar-refractivity contribution in [3.05, 3.63) is 89.6 Å². The molecule has 4 rings (SSSR count). The van der Waals surface area contributed by atoms with Gasteiger partial charge in [0, 0.05) is 16.8 Å². The molecule has 0 bridgehead atoms. The van der Waals surface area contributed by atoms with E-state index in [0.717, 1.165) is 28.8 Å². The molecule has 0 radical (unpaired) electrons. The fourth-order valence-electron chi connectivity index (χ4n) is 3.14. The normalized spacial score (nSPS) is 11.2. The Morgan fingerprint density at radius 3 is 2.10 bits per heavy atom. The first-order chi connectivity index (χ1) is 13.8. The maximum absolute atomic E-state index is 14.1. The van der Waals surface area contributed by atoms with Crippen molar-refractivity contribution in [3.8, 4) is 22.6 Å². The van der Waals surface area contributed by atoms with Gasteiger partial charge in [-0.1, -0.05) is 48.9 Å². The van der Waals surface area contributed by atoms with Gasteiger partial charge in [0.05, 0.1) is 5.69 Å². The fourth-order valence-corrected chi connectivity index (χ4v) is 3.14. The molecule has 0 saturated heterocycles. The molecule has 4 heterocycles. The van der Waals surface area contributed by atoms with E-state index in [9.17, 15) is 8.78 Å². The quantitative estimate of drug-likeness (QED) is 0.254. The Labute approximate surface area is 188 Å². The van der Waals surface area contributed by atoms with E-state index in [1.165, 1.54) is 0 Å². The second-order valence-corrected chi connectivity index (χ2v) is 7.30. The molecule has 0 N–H and O–H groups in total. The third kappa shape index (κ3) is 4.24. The molecular weight excluding hydrogens is 565 g/mol. The SMILES string of the molecule is Cc1ccc(-c2cccc(C(C)(C)c3cccc(-c4[c-]cc(F)nc4F)n3)n2)[n-]1.[Pt+2]. The molecule has 7 heteroatoms. The third-order valence-corrected chi connectivity index (χ3v) is 4.82. The molecule has 154 valence electrons. The molecule has 0 aliphatic carbocycles. The average Bonchev–Trinajstić information content (AvgIpc) is 3.14. The molecular formula is C23H18F2N4Pt. The Morgan fingerprint density at radius 1 is 0.867 bits per heavy atom. The van der Waals surface area contributed by atoms with Crippen LogP contribution >= 0.6 is 0 Å². The van der Waals surface area contributed by atoms with Crippen LogP contribution in [0.2, 0.25) is 0 Å². The third-order valence-electron chi connectivity index (χ3n) is 4.82. The summed E-state index contributed by atoms with van der Waals surface area (Å²) < 4.78 is 27.2. The van der Waals surface area contributed by atoms with Gasteiger partial charge in [-0.25, -0.2) is 8.78 Å². The van der Waals surface area contributed by atoms with Gasteiger partial charge in [0.15, 0.2) is 0 Å². The Kier molecular flexibility index (Phi) is 6.27. The van der Waals surface area contributed by atoms with Crippen molar-refractivity contribution in [2.75, 3.05) is 0 Å². The number of hydrogen-bond donors (Lipinski definition) is 0. The van der Waals surface area contributed by atoms with Crippen LogP contribution in [0.15, 0.2) is 54.6 Å². The molecule has 0 aliphatic rings. The van der Waals surface area contributed by atoms with Crippen LogP contribution in [0.5, 0.6) is 0 Å². The maximum Gasteiger partial charge on any atom is 2.00 e. The van der Waals surface area contributed by atoms with Gasteiger partial charge in [-0.3, -0.25) is 9.97 Å². The summed E-state index contributed by atoms with van der Waals surface area (Å²) in [6, 6.07) is 18.5. The van der Waals surface area contributed by atoms with Crippen LogP contribution in [0.1, 0.15) is 30.9 Å². The van der Waals surface area contributed by atoms with Gasteiger partial charge in [0.2, 0.25) is 0 Å². The van der Waals surface area contributed by atoms with Crippen molar-refractivity contribution in [1.29, 1.82) is 0 Å². The van der Waals surface area contributed by atoms with Crippen molar-refractivity contribution in [3.63, 3.8) is 0 Å². The fraction of sp³-hybridized carbons (Fsp3) is 0.174. The molecule has 0 amide bonds. The zero-order valence-corrected chi connectivity index (χ0v) is 18.8. The van der Waals surface area contributed by atoms with Crippen molar-refractivity contribution in [2.45, 2.75) is 26.2 Å².